The topological polar surface area (TPSA) is 43.8 Å². The highest BCUT2D eigenvalue weighted by Gasteiger charge is 2.14. The zero-order valence-electron chi connectivity index (χ0n) is 10.7. The summed E-state index contributed by atoms with van der Waals surface area (Å²) in [5.41, 5.74) is 7.88. The highest BCUT2D eigenvalue weighted by atomic mass is 79.9. The van der Waals surface area contributed by atoms with Gasteiger partial charge in [0.15, 0.2) is 0 Å². The Kier molecular flexibility index (Phi) is 3.69. The monoisotopic (exact) mass is 365 g/mol. The number of hydrogen-bond donors (Lipinski definition) is 1. The molecule has 3 aromatic rings. The summed E-state index contributed by atoms with van der Waals surface area (Å²) in [6.07, 6.45) is 1.64. The average molecular weight is 367 g/mol. The Morgan fingerprint density at radius 3 is 2.71 bits per heavy atom. The summed E-state index contributed by atoms with van der Waals surface area (Å²) in [6.45, 7) is 0. The van der Waals surface area contributed by atoms with Gasteiger partial charge in [-0.1, -0.05) is 33.6 Å². The van der Waals surface area contributed by atoms with Gasteiger partial charge in [0, 0.05) is 15.1 Å². The van der Waals surface area contributed by atoms with Crippen molar-refractivity contribution >= 4 is 33.2 Å². The minimum Gasteiger partial charge on any atom is -0.396 e. The number of nitrogen functional groups attached to an aromatic ring is 1. The maximum absolute atomic E-state index is 14.0. The van der Waals surface area contributed by atoms with Crippen molar-refractivity contribution < 1.29 is 4.39 Å². The number of hydrogen-bond acceptors (Lipinski definition) is 2. The molecule has 0 amide bonds. The van der Waals surface area contributed by atoms with Crippen molar-refractivity contribution in [1.29, 1.82) is 0 Å². The SMILES string of the molecule is Nc1cn(-c2cccc(Cl)c2)nc1-c1ccc(Br)cc1F. The second-order valence-electron chi connectivity index (χ2n) is 4.48. The minimum absolute atomic E-state index is 0.358. The fraction of sp³-hybridized carbons (Fsp3) is 0. The number of anilines is 1. The molecule has 1 aromatic heterocycles. The van der Waals surface area contributed by atoms with Gasteiger partial charge < -0.3 is 5.73 Å². The third-order valence-electron chi connectivity index (χ3n) is 3.00. The summed E-state index contributed by atoms with van der Waals surface area (Å²) in [4.78, 5) is 0. The second kappa shape index (κ2) is 5.50. The first kappa shape index (κ1) is 14.1. The van der Waals surface area contributed by atoms with Crippen LogP contribution in [0.2, 0.25) is 5.02 Å². The molecule has 0 saturated carbocycles. The lowest BCUT2D eigenvalue weighted by molar-refractivity contribution is 0.629. The molecule has 0 aliphatic heterocycles. The Morgan fingerprint density at radius 2 is 2.00 bits per heavy atom. The van der Waals surface area contributed by atoms with Crippen LogP contribution in [0, 0.1) is 5.82 Å². The average Bonchev–Trinajstić information content (AvgIpc) is 2.81. The van der Waals surface area contributed by atoms with Crippen molar-refractivity contribution in [3.05, 3.63) is 64.0 Å². The van der Waals surface area contributed by atoms with Crippen molar-refractivity contribution in [2.24, 2.45) is 0 Å². The van der Waals surface area contributed by atoms with Gasteiger partial charge in [0.05, 0.1) is 17.6 Å². The van der Waals surface area contributed by atoms with Crippen LogP contribution in [0.3, 0.4) is 0 Å². The summed E-state index contributed by atoms with van der Waals surface area (Å²) in [6, 6.07) is 12.0. The number of rotatable bonds is 2. The first-order valence-electron chi connectivity index (χ1n) is 6.11. The molecular weight excluding hydrogens is 357 g/mol. The smallest absolute Gasteiger partial charge is 0.133 e. The van der Waals surface area contributed by atoms with Crippen LogP contribution in [0.1, 0.15) is 0 Å². The summed E-state index contributed by atoms with van der Waals surface area (Å²) in [7, 11) is 0. The van der Waals surface area contributed by atoms with Crippen molar-refractivity contribution in [3.8, 4) is 16.9 Å². The van der Waals surface area contributed by atoms with Crippen LogP contribution in [0.25, 0.3) is 16.9 Å². The summed E-state index contributed by atoms with van der Waals surface area (Å²) in [5, 5.41) is 4.95. The molecule has 0 unspecified atom stereocenters. The Hall–Kier alpha value is -1.85. The maximum Gasteiger partial charge on any atom is 0.133 e. The van der Waals surface area contributed by atoms with Crippen molar-refractivity contribution in [1.82, 2.24) is 9.78 Å². The zero-order chi connectivity index (χ0) is 15.0. The lowest BCUT2D eigenvalue weighted by Crippen LogP contribution is -1.95. The van der Waals surface area contributed by atoms with Crippen LogP contribution in [0.15, 0.2) is 53.1 Å². The van der Waals surface area contributed by atoms with E-state index in [0.29, 0.717) is 26.4 Å². The molecule has 0 aliphatic carbocycles. The standard InChI is InChI=1S/C15H10BrClFN3/c16-9-4-5-12(13(18)6-9)15-14(19)8-21(20-15)11-3-1-2-10(17)7-11/h1-8H,19H2. The molecule has 6 heteroatoms. The number of nitrogens with two attached hydrogens (primary N) is 1. The molecule has 0 atom stereocenters. The van der Waals surface area contributed by atoms with E-state index in [1.807, 2.05) is 12.1 Å². The van der Waals surface area contributed by atoms with E-state index in [1.165, 1.54) is 6.07 Å². The Bertz CT molecular complexity index is 816. The first-order chi connectivity index (χ1) is 10.0. The van der Waals surface area contributed by atoms with E-state index in [-0.39, 0.29) is 5.82 Å². The predicted molar refractivity (Wildman–Crippen MR) is 86.1 cm³/mol. The normalized spacial score (nSPS) is 10.8. The molecule has 0 saturated heterocycles. The molecule has 0 aliphatic rings. The van der Waals surface area contributed by atoms with Gasteiger partial charge in [-0.3, -0.25) is 0 Å². The van der Waals surface area contributed by atoms with E-state index in [2.05, 4.69) is 21.0 Å². The van der Waals surface area contributed by atoms with Gasteiger partial charge in [-0.2, -0.15) is 5.10 Å². The van der Waals surface area contributed by atoms with Crippen LogP contribution < -0.4 is 5.73 Å². The fourth-order valence-electron chi connectivity index (χ4n) is 2.03. The van der Waals surface area contributed by atoms with Crippen molar-refractivity contribution in [2.75, 3.05) is 5.73 Å². The Labute approximate surface area is 134 Å². The van der Waals surface area contributed by atoms with Gasteiger partial charge in [-0.25, -0.2) is 9.07 Å². The third kappa shape index (κ3) is 2.80. The van der Waals surface area contributed by atoms with Gasteiger partial charge in [0.25, 0.3) is 0 Å². The first-order valence-corrected chi connectivity index (χ1v) is 7.28. The lowest BCUT2D eigenvalue weighted by Gasteiger charge is -2.02. The molecule has 106 valence electrons. The van der Waals surface area contributed by atoms with Gasteiger partial charge in [-0.15, -0.1) is 0 Å². The van der Waals surface area contributed by atoms with Crippen LogP contribution in [0.4, 0.5) is 10.1 Å². The fourth-order valence-corrected chi connectivity index (χ4v) is 2.55. The van der Waals surface area contributed by atoms with Gasteiger partial charge in [-0.05, 0) is 36.4 Å². The zero-order valence-corrected chi connectivity index (χ0v) is 13.1. The Morgan fingerprint density at radius 1 is 1.19 bits per heavy atom. The summed E-state index contributed by atoms with van der Waals surface area (Å²) < 4.78 is 16.3. The molecule has 0 bridgehead atoms. The highest BCUT2D eigenvalue weighted by molar-refractivity contribution is 9.10. The molecule has 3 rings (SSSR count). The number of aromatic nitrogens is 2. The Balaban J connectivity index is 2.10. The van der Waals surface area contributed by atoms with Crippen LogP contribution >= 0.6 is 27.5 Å². The minimum atomic E-state index is -0.382. The van der Waals surface area contributed by atoms with Crippen molar-refractivity contribution in [3.63, 3.8) is 0 Å². The maximum atomic E-state index is 14.0. The van der Waals surface area contributed by atoms with E-state index in [4.69, 9.17) is 17.3 Å². The number of halogens is 3. The quantitative estimate of drug-likeness (QED) is 0.716. The molecule has 0 radical (unpaired) electrons. The molecular formula is C15H10BrClFN3. The van der Waals surface area contributed by atoms with E-state index in [1.54, 1.807) is 35.1 Å². The molecule has 0 spiro atoms. The molecule has 2 aromatic carbocycles. The highest BCUT2D eigenvalue weighted by Crippen LogP contribution is 2.29. The van der Waals surface area contributed by atoms with Gasteiger partial charge >= 0.3 is 0 Å². The molecule has 3 nitrogen and oxygen atoms in total. The summed E-state index contributed by atoms with van der Waals surface area (Å²) in [5.74, 6) is -0.382. The summed E-state index contributed by atoms with van der Waals surface area (Å²) >= 11 is 9.19. The number of benzene rings is 2. The molecule has 2 N–H and O–H groups in total. The second-order valence-corrected chi connectivity index (χ2v) is 5.83. The molecule has 0 fully saturated rings. The predicted octanol–water partition coefficient (Wildman–Crippen LogP) is 4.68. The van der Waals surface area contributed by atoms with E-state index < -0.39 is 0 Å². The van der Waals surface area contributed by atoms with Crippen LogP contribution in [0.5, 0.6) is 0 Å². The van der Waals surface area contributed by atoms with E-state index in [9.17, 15) is 4.39 Å². The van der Waals surface area contributed by atoms with Gasteiger partial charge in [0.2, 0.25) is 0 Å². The van der Waals surface area contributed by atoms with Crippen LogP contribution in [-0.4, -0.2) is 9.78 Å². The molecule has 1 heterocycles. The third-order valence-corrected chi connectivity index (χ3v) is 3.73. The van der Waals surface area contributed by atoms with E-state index >= 15 is 0 Å². The molecule has 21 heavy (non-hydrogen) atoms. The van der Waals surface area contributed by atoms with Gasteiger partial charge in [0.1, 0.15) is 11.5 Å². The number of nitrogens with zero attached hydrogens (tertiary/aromatic N) is 2. The lowest BCUT2D eigenvalue weighted by atomic mass is 10.1. The largest absolute Gasteiger partial charge is 0.396 e. The van der Waals surface area contributed by atoms with Crippen molar-refractivity contribution in [2.45, 2.75) is 0 Å². The van der Waals surface area contributed by atoms with E-state index in [0.717, 1.165) is 5.69 Å². The van der Waals surface area contributed by atoms with Crippen LogP contribution in [-0.2, 0) is 0 Å².